The van der Waals surface area contributed by atoms with Crippen LogP contribution in [0.25, 0.3) is 0 Å². The Bertz CT molecular complexity index is 526. The van der Waals surface area contributed by atoms with E-state index in [1.807, 2.05) is 0 Å². The number of anilines is 2. The minimum Gasteiger partial charge on any atom is -0.369 e. The highest BCUT2D eigenvalue weighted by Crippen LogP contribution is 2.05. The normalized spacial score (nSPS) is 9.95. The fourth-order valence-electron chi connectivity index (χ4n) is 1.42. The molecular formula is C13H15N5O. The van der Waals surface area contributed by atoms with E-state index in [2.05, 4.69) is 32.7 Å². The molecule has 1 amide bonds. The number of carbonyl (C=O) groups excluding carboxylic acids is 1. The molecule has 2 aromatic heterocycles. The lowest BCUT2D eigenvalue weighted by Gasteiger charge is -2.04. The summed E-state index contributed by atoms with van der Waals surface area (Å²) in [5.74, 6) is 0.826. The Morgan fingerprint density at radius 3 is 2.68 bits per heavy atom. The van der Waals surface area contributed by atoms with Gasteiger partial charge >= 0.3 is 0 Å². The van der Waals surface area contributed by atoms with Crippen molar-refractivity contribution in [2.45, 2.75) is 13.3 Å². The monoisotopic (exact) mass is 257 g/mol. The maximum Gasteiger partial charge on any atom is 0.277 e. The predicted molar refractivity (Wildman–Crippen MR) is 73.0 cm³/mol. The molecule has 2 aromatic rings. The zero-order chi connectivity index (χ0) is 13.5. The lowest BCUT2D eigenvalue weighted by atomic mass is 10.3. The van der Waals surface area contributed by atoms with E-state index >= 15 is 0 Å². The average molecular weight is 257 g/mol. The van der Waals surface area contributed by atoms with Crippen molar-refractivity contribution >= 4 is 17.5 Å². The molecule has 0 bridgehead atoms. The first kappa shape index (κ1) is 12.9. The quantitative estimate of drug-likeness (QED) is 0.855. The Labute approximate surface area is 111 Å². The van der Waals surface area contributed by atoms with Gasteiger partial charge in [0.05, 0.1) is 0 Å². The van der Waals surface area contributed by atoms with Gasteiger partial charge in [0, 0.05) is 12.7 Å². The lowest BCUT2D eigenvalue weighted by Crippen LogP contribution is -2.15. The first-order valence-electron chi connectivity index (χ1n) is 6.09. The van der Waals surface area contributed by atoms with Crippen LogP contribution in [0.5, 0.6) is 0 Å². The van der Waals surface area contributed by atoms with E-state index in [4.69, 9.17) is 0 Å². The van der Waals surface area contributed by atoms with Gasteiger partial charge in [0.2, 0.25) is 0 Å². The van der Waals surface area contributed by atoms with Gasteiger partial charge in [-0.2, -0.15) is 0 Å². The Morgan fingerprint density at radius 2 is 2.05 bits per heavy atom. The van der Waals surface area contributed by atoms with E-state index < -0.39 is 0 Å². The van der Waals surface area contributed by atoms with Crippen LogP contribution in [-0.4, -0.2) is 27.6 Å². The van der Waals surface area contributed by atoms with Crippen LogP contribution in [0.15, 0.2) is 36.5 Å². The number of rotatable bonds is 5. The molecule has 0 aliphatic heterocycles. The molecule has 2 N–H and O–H groups in total. The molecule has 0 aliphatic rings. The molecule has 0 saturated heterocycles. The lowest BCUT2D eigenvalue weighted by molar-refractivity contribution is 0.102. The molecule has 0 spiro atoms. The van der Waals surface area contributed by atoms with Crippen LogP contribution in [0.4, 0.5) is 11.6 Å². The first-order valence-corrected chi connectivity index (χ1v) is 6.09. The minimum atomic E-state index is -0.326. The molecule has 0 atom stereocenters. The molecule has 2 rings (SSSR count). The van der Waals surface area contributed by atoms with E-state index in [1.165, 1.54) is 0 Å². The van der Waals surface area contributed by atoms with E-state index in [0.29, 0.717) is 11.6 Å². The van der Waals surface area contributed by atoms with Gasteiger partial charge in [-0.1, -0.05) is 13.0 Å². The minimum absolute atomic E-state index is 0.257. The smallest absolute Gasteiger partial charge is 0.277 e. The summed E-state index contributed by atoms with van der Waals surface area (Å²) >= 11 is 0. The molecule has 6 heteroatoms. The third-order valence-electron chi connectivity index (χ3n) is 2.36. The van der Waals surface area contributed by atoms with Gasteiger partial charge in [-0.3, -0.25) is 4.79 Å². The predicted octanol–water partition coefficient (Wildman–Crippen LogP) is 1.95. The van der Waals surface area contributed by atoms with Crippen molar-refractivity contribution in [2.24, 2.45) is 0 Å². The van der Waals surface area contributed by atoms with E-state index in [0.717, 1.165) is 13.0 Å². The maximum atomic E-state index is 11.9. The number of hydrogen-bond donors (Lipinski definition) is 2. The van der Waals surface area contributed by atoms with Gasteiger partial charge in [-0.25, -0.2) is 4.98 Å². The molecule has 0 radical (unpaired) electrons. The van der Waals surface area contributed by atoms with Gasteiger partial charge in [-0.05, 0) is 30.7 Å². The van der Waals surface area contributed by atoms with Crippen molar-refractivity contribution in [1.29, 1.82) is 0 Å². The van der Waals surface area contributed by atoms with Gasteiger partial charge in [0.15, 0.2) is 5.69 Å². The zero-order valence-electron chi connectivity index (χ0n) is 10.6. The number of amides is 1. The number of nitrogens with one attached hydrogen (secondary N) is 2. The third-order valence-corrected chi connectivity index (χ3v) is 2.36. The number of pyridine rings is 1. The number of carbonyl (C=O) groups is 1. The van der Waals surface area contributed by atoms with Crippen molar-refractivity contribution in [2.75, 3.05) is 17.2 Å². The molecule has 6 nitrogen and oxygen atoms in total. The fraction of sp³-hybridized carbons (Fsp3) is 0.231. The highest BCUT2D eigenvalue weighted by molar-refractivity contribution is 6.02. The van der Waals surface area contributed by atoms with E-state index in [9.17, 15) is 4.79 Å². The number of hydrogen-bond acceptors (Lipinski definition) is 5. The molecular weight excluding hydrogens is 242 g/mol. The average Bonchev–Trinajstić information content (AvgIpc) is 2.46. The second-order valence-electron chi connectivity index (χ2n) is 3.90. The van der Waals surface area contributed by atoms with Crippen molar-refractivity contribution in [3.05, 3.63) is 42.2 Å². The number of nitrogens with zero attached hydrogens (tertiary/aromatic N) is 3. The molecule has 0 fully saturated rings. The summed E-state index contributed by atoms with van der Waals surface area (Å²) in [5.41, 5.74) is 0.257. The highest BCUT2D eigenvalue weighted by atomic mass is 16.2. The van der Waals surface area contributed by atoms with Gasteiger partial charge in [0.25, 0.3) is 5.91 Å². The highest BCUT2D eigenvalue weighted by Gasteiger charge is 2.08. The van der Waals surface area contributed by atoms with Crippen molar-refractivity contribution in [3.8, 4) is 0 Å². The van der Waals surface area contributed by atoms with Gasteiger partial charge in [-0.15, -0.1) is 10.2 Å². The van der Waals surface area contributed by atoms with Gasteiger partial charge < -0.3 is 10.6 Å². The molecule has 0 aromatic carbocycles. The zero-order valence-corrected chi connectivity index (χ0v) is 10.6. The second-order valence-corrected chi connectivity index (χ2v) is 3.90. The van der Waals surface area contributed by atoms with Crippen molar-refractivity contribution in [1.82, 2.24) is 15.2 Å². The van der Waals surface area contributed by atoms with Crippen molar-refractivity contribution in [3.63, 3.8) is 0 Å². The Balaban J connectivity index is 1.99. The van der Waals surface area contributed by atoms with Gasteiger partial charge in [0.1, 0.15) is 11.6 Å². The Hall–Kier alpha value is -2.50. The molecule has 0 aliphatic carbocycles. The summed E-state index contributed by atoms with van der Waals surface area (Å²) in [5, 5.41) is 13.6. The largest absolute Gasteiger partial charge is 0.369 e. The molecule has 19 heavy (non-hydrogen) atoms. The molecule has 2 heterocycles. The summed E-state index contributed by atoms with van der Waals surface area (Å²) in [6, 6.07) is 8.65. The Morgan fingerprint density at radius 1 is 1.16 bits per heavy atom. The SMILES string of the molecule is CCCNc1ccc(C(=O)Nc2ccccn2)nn1. The topological polar surface area (TPSA) is 79.8 Å². The van der Waals surface area contributed by atoms with Crippen molar-refractivity contribution < 1.29 is 4.79 Å². The first-order chi connectivity index (χ1) is 9.29. The summed E-state index contributed by atoms with van der Waals surface area (Å²) in [6.07, 6.45) is 2.61. The molecule has 0 saturated carbocycles. The molecule has 98 valence electrons. The summed E-state index contributed by atoms with van der Waals surface area (Å²) in [7, 11) is 0. The third kappa shape index (κ3) is 3.74. The van der Waals surface area contributed by atoms with Crippen LogP contribution in [-0.2, 0) is 0 Å². The van der Waals surface area contributed by atoms with Crippen LogP contribution >= 0.6 is 0 Å². The second kappa shape index (κ2) is 6.44. The summed E-state index contributed by atoms with van der Waals surface area (Å²) in [6.45, 7) is 2.89. The maximum absolute atomic E-state index is 11.9. The fourth-order valence-corrected chi connectivity index (χ4v) is 1.42. The van der Waals surface area contributed by atoms with Crippen LogP contribution in [0.3, 0.4) is 0 Å². The van der Waals surface area contributed by atoms with Crippen LogP contribution in [0.2, 0.25) is 0 Å². The van der Waals surface area contributed by atoms with E-state index in [-0.39, 0.29) is 11.6 Å². The van der Waals surface area contributed by atoms with E-state index in [1.54, 1.807) is 36.5 Å². The molecule has 0 unspecified atom stereocenters. The van der Waals surface area contributed by atoms with Crippen LogP contribution in [0, 0.1) is 0 Å². The van der Waals surface area contributed by atoms with Crippen LogP contribution < -0.4 is 10.6 Å². The Kier molecular flexibility index (Phi) is 4.39. The van der Waals surface area contributed by atoms with Crippen LogP contribution in [0.1, 0.15) is 23.8 Å². The number of aromatic nitrogens is 3. The summed E-state index contributed by atoms with van der Waals surface area (Å²) < 4.78 is 0. The standard InChI is InChI=1S/C13H15N5O/c1-2-8-14-12-7-6-10(17-18-12)13(19)16-11-5-3-4-9-15-11/h3-7,9H,2,8H2,1H3,(H,14,18)(H,15,16,19). The summed E-state index contributed by atoms with van der Waals surface area (Å²) in [4.78, 5) is 15.9.